The molecule has 0 spiro atoms. The van der Waals surface area contributed by atoms with Gasteiger partial charge in [-0.15, -0.1) is 0 Å². The largest absolute Gasteiger partial charge is 0.328 e. The summed E-state index contributed by atoms with van der Waals surface area (Å²) in [6, 6.07) is 1.49. The van der Waals surface area contributed by atoms with Crippen LogP contribution in [0.5, 0.6) is 0 Å². The van der Waals surface area contributed by atoms with Gasteiger partial charge in [0, 0.05) is 36.1 Å². The Hall–Kier alpha value is -2.64. The highest BCUT2D eigenvalue weighted by molar-refractivity contribution is 5.01. The molecule has 0 saturated heterocycles. The molecule has 0 atom stereocenters. The van der Waals surface area contributed by atoms with Gasteiger partial charge in [-0.05, 0) is 34.6 Å². The Labute approximate surface area is 132 Å². The van der Waals surface area contributed by atoms with Crippen LogP contribution in [0, 0.1) is 6.92 Å². The number of aromatic amines is 2. The molecule has 8 nitrogen and oxygen atoms in total. The number of aromatic nitrogens is 4. The van der Waals surface area contributed by atoms with Gasteiger partial charge in [-0.1, -0.05) is 0 Å². The smallest absolute Gasteiger partial charge is 0.298 e. The lowest BCUT2D eigenvalue weighted by molar-refractivity contribution is 0.558. The van der Waals surface area contributed by atoms with E-state index in [1.54, 1.807) is 13.1 Å². The molecule has 0 saturated carbocycles. The summed E-state index contributed by atoms with van der Waals surface area (Å²) in [7, 11) is 0. The van der Waals surface area contributed by atoms with E-state index < -0.39 is 0 Å². The summed E-state index contributed by atoms with van der Waals surface area (Å²) >= 11 is 0. The van der Waals surface area contributed by atoms with Crippen molar-refractivity contribution in [1.29, 1.82) is 0 Å². The van der Waals surface area contributed by atoms with Crippen molar-refractivity contribution in [3.05, 3.63) is 65.7 Å². The Morgan fingerprint density at radius 1 is 0.870 bits per heavy atom. The van der Waals surface area contributed by atoms with Crippen molar-refractivity contribution in [2.45, 2.75) is 46.7 Å². The van der Waals surface area contributed by atoms with Gasteiger partial charge in [0.05, 0.1) is 0 Å². The number of hydrogen-bond acceptors (Lipinski definition) is 4. The molecule has 0 amide bonds. The zero-order chi connectivity index (χ0) is 17.7. The van der Waals surface area contributed by atoms with Crippen LogP contribution in [0.15, 0.2) is 37.6 Å². The number of rotatable bonds is 2. The number of nitrogens with zero attached hydrogens (tertiary/aromatic N) is 2. The first-order valence-electron chi connectivity index (χ1n) is 7.27. The van der Waals surface area contributed by atoms with Gasteiger partial charge in [0.15, 0.2) is 0 Å². The molecule has 2 aromatic heterocycles. The van der Waals surface area contributed by atoms with Gasteiger partial charge >= 0.3 is 11.4 Å². The summed E-state index contributed by atoms with van der Waals surface area (Å²) in [5, 5.41) is 0. The van der Waals surface area contributed by atoms with Crippen molar-refractivity contribution in [2.24, 2.45) is 0 Å². The molecule has 0 bridgehead atoms. The van der Waals surface area contributed by atoms with Crippen LogP contribution in [-0.4, -0.2) is 19.1 Å². The number of aryl methyl sites for hydroxylation is 1. The fraction of sp³-hybridized carbons (Fsp3) is 0.467. The average Bonchev–Trinajstić information content (AvgIpc) is 2.42. The van der Waals surface area contributed by atoms with E-state index in [9.17, 15) is 19.2 Å². The van der Waals surface area contributed by atoms with Crippen molar-refractivity contribution >= 4 is 0 Å². The lowest BCUT2D eigenvalue weighted by Crippen LogP contribution is -2.31. The van der Waals surface area contributed by atoms with Gasteiger partial charge in [-0.25, -0.2) is 9.59 Å². The van der Waals surface area contributed by atoms with Crippen LogP contribution < -0.4 is 22.5 Å². The Morgan fingerprint density at radius 3 is 1.87 bits per heavy atom. The molecule has 0 fully saturated rings. The van der Waals surface area contributed by atoms with Crippen LogP contribution in [0.4, 0.5) is 0 Å². The van der Waals surface area contributed by atoms with Gasteiger partial charge in [-0.2, -0.15) is 0 Å². The molecule has 0 unspecified atom stereocenters. The molecule has 0 aliphatic carbocycles. The second kappa shape index (κ2) is 7.57. The summed E-state index contributed by atoms with van der Waals surface area (Å²) in [4.78, 5) is 48.1. The molecule has 2 rings (SSSR count). The summed E-state index contributed by atoms with van der Waals surface area (Å²) in [5.41, 5.74) is -0.805. The molecular formula is C15H22N4O4. The maximum Gasteiger partial charge on any atom is 0.328 e. The molecule has 0 aliphatic rings. The van der Waals surface area contributed by atoms with Crippen LogP contribution >= 0.6 is 0 Å². The molecule has 8 heteroatoms. The molecule has 2 heterocycles. The van der Waals surface area contributed by atoms with E-state index in [1.165, 1.54) is 21.4 Å². The minimum Gasteiger partial charge on any atom is -0.298 e. The van der Waals surface area contributed by atoms with Crippen molar-refractivity contribution in [3.63, 3.8) is 0 Å². The van der Waals surface area contributed by atoms with E-state index in [0.29, 0.717) is 5.56 Å². The van der Waals surface area contributed by atoms with Gasteiger partial charge in [0.1, 0.15) is 0 Å². The Bertz CT molecular complexity index is 884. The minimum absolute atomic E-state index is 0.0769. The highest BCUT2D eigenvalue weighted by Gasteiger charge is 2.02. The maximum absolute atomic E-state index is 11.1. The molecule has 0 radical (unpaired) electrons. The average molecular weight is 322 g/mol. The van der Waals surface area contributed by atoms with Crippen molar-refractivity contribution in [1.82, 2.24) is 19.1 Å². The summed E-state index contributed by atoms with van der Waals surface area (Å²) in [5.74, 6) is 0. The number of hydrogen-bond donors (Lipinski definition) is 2. The van der Waals surface area contributed by atoms with Crippen molar-refractivity contribution in [2.75, 3.05) is 0 Å². The van der Waals surface area contributed by atoms with E-state index in [-0.39, 0.29) is 34.6 Å². The predicted molar refractivity (Wildman–Crippen MR) is 88.2 cm³/mol. The normalized spacial score (nSPS) is 10.6. The topological polar surface area (TPSA) is 110 Å². The standard InChI is InChI=1S/C8H12N2O2.C7H10N2O2/c1-5(2)10-4-6(3)7(11)9-8(10)12;1-5(2)9-4-3-6(10)8-7(9)11/h4-5H,1-3H3,(H,9,11,12);3-5H,1-2H3,(H,8,10,11). The third kappa shape index (κ3) is 4.94. The van der Waals surface area contributed by atoms with E-state index in [1.807, 2.05) is 27.7 Å². The van der Waals surface area contributed by atoms with Crippen LogP contribution in [0.1, 0.15) is 45.3 Å². The van der Waals surface area contributed by atoms with Gasteiger partial charge < -0.3 is 0 Å². The van der Waals surface area contributed by atoms with Crippen LogP contribution in [0.2, 0.25) is 0 Å². The molecule has 23 heavy (non-hydrogen) atoms. The molecule has 0 aliphatic heterocycles. The first kappa shape index (κ1) is 18.4. The molecule has 2 aromatic rings. The van der Waals surface area contributed by atoms with Gasteiger partial charge in [0.25, 0.3) is 11.1 Å². The lowest BCUT2D eigenvalue weighted by Gasteiger charge is -2.08. The van der Waals surface area contributed by atoms with Crippen LogP contribution in [0.3, 0.4) is 0 Å². The maximum atomic E-state index is 11.1. The van der Waals surface area contributed by atoms with Crippen LogP contribution in [0.25, 0.3) is 0 Å². The van der Waals surface area contributed by atoms with E-state index in [2.05, 4.69) is 9.97 Å². The molecule has 126 valence electrons. The fourth-order valence-corrected chi connectivity index (χ4v) is 1.80. The Morgan fingerprint density at radius 2 is 1.39 bits per heavy atom. The third-order valence-electron chi connectivity index (χ3n) is 3.11. The zero-order valence-electron chi connectivity index (χ0n) is 13.9. The highest BCUT2D eigenvalue weighted by atomic mass is 16.2. The van der Waals surface area contributed by atoms with E-state index in [4.69, 9.17) is 0 Å². The fourth-order valence-electron chi connectivity index (χ4n) is 1.80. The molecule has 2 N–H and O–H groups in total. The quantitative estimate of drug-likeness (QED) is 0.841. The number of H-pyrrole nitrogens is 2. The highest BCUT2D eigenvalue weighted by Crippen LogP contribution is 1.97. The summed E-state index contributed by atoms with van der Waals surface area (Å²) < 4.78 is 2.96. The summed E-state index contributed by atoms with van der Waals surface area (Å²) in [6.07, 6.45) is 3.07. The number of nitrogens with one attached hydrogen (secondary N) is 2. The Balaban J connectivity index is 0.000000231. The SMILES string of the molecule is CC(C)n1ccc(=O)[nH]c1=O.Cc1cn(C(C)C)c(=O)[nH]c1=O. The van der Waals surface area contributed by atoms with E-state index in [0.717, 1.165) is 0 Å². The summed E-state index contributed by atoms with van der Waals surface area (Å²) in [6.45, 7) is 9.20. The minimum atomic E-state index is -0.355. The van der Waals surface area contributed by atoms with Gasteiger partial charge in [0.2, 0.25) is 0 Å². The Kier molecular flexibility index (Phi) is 6.06. The first-order chi connectivity index (χ1) is 10.6. The zero-order valence-corrected chi connectivity index (χ0v) is 13.9. The van der Waals surface area contributed by atoms with Crippen LogP contribution in [-0.2, 0) is 0 Å². The molecule has 0 aromatic carbocycles. The van der Waals surface area contributed by atoms with Crippen molar-refractivity contribution < 1.29 is 0 Å². The second-order valence-electron chi connectivity index (χ2n) is 5.68. The predicted octanol–water partition coefficient (Wildman–Crippen LogP) is 0.543. The van der Waals surface area contributed by atoms with Crippen molar-refractivity contribution in [3.8, 4) is 0 Å². The second-order valence-corrected chi connectivity index (χ2v) is 5.68. The monoisotopic (exact) mass is 322 g/mol. The third-order valence-corrected chi connectivity index (χ3v) is 3.11. The molecular weight excluding hydrogens is 300 g/mol. The van der Waals surface area contributed by atoms with E-state index >= 15 is 0 Å². The lowest BCUT2D eigenvalue weighted by atomic mass is 10.3. The van der Waals surface area contributed by atoms with Gasteiger partial charge in [-0.3, -0.25) is 28.7 Å². The first-order valence-corrected chi connectivity index (χ1v) is 7.27.